The molecule has 1 amide bonds. The number of hydrogen-bond acceptors (Lipinski definition) is 2. The molecule has 0 radical (unpaired) electrons. The zero-order chi connectivity index (χ0) is 17.8. The van der Waals surface area contributed by atoms with Crippen molar-refractivity contribution in [2.24, 2.45) is 10.9 Å². The minimum Gasteiger partial charge on any atom is -0.367 e. The molecule has 1 aromatic carbocycles. The normalized spacial score (nSPS) is 19.5. The van der Waals surface area contributed by atoms with Gasteiger partial charge in [0, 0.05) is 29.6 Å². The molecule has 0 N–H and O–H groups in total. The van der Waals surface area contributed by atoms with E-state index in [1.165, 1.54) is 0 Å². The summed E-state index contributed by atoms with van der Waals surface area (Å²) in [5.74, 6) is -0.230. The molecule has 0 bridgehead atoms. The number of aliphatic imine (C=N–C) groups is 1. The predicted molar refractivity (Wildman–Crippen MR) is 105 cm³/mol. The lowest BCUT2D eigenvalue weighted by molar-refractivity contribution is -0.115. The Bertz CT molecular complexity index is 768. The number of halogens is 1. The average Bonchev–Trinajstić information content (AvgIpc) is 2.62. The summed E-state index contributed by atoms with van der Waals surface area (Å²) in [4.78, 5) is 19.5. The van der Waals surface area contributed by atoms with E-state index in [4.69, 9.17) is 11.6 Å². The lowest BCUT2D eigenvalue weighted by atomic mass is 9.82. The number of nitrogens with zero attached hydrogens (tertiary/aromatic N) is 2. The van der Waals surface area contributed by atoms with Gasteiger partial charge in [0.2, 0.25) is 0 Å². The van der Waals surface area contributed by atoms with Crippen LogP contribution in [0.15, 0.2) is 64.3 Å². The molecule has 1 aliphatic heterocycles. The van der Waals surface area contributed by atoms with Gasteiger partial charge in [-0.1, -0.05) is 61.9 Å². The van der Waals surface area contributed by atoms with Gasteiger partial charge in [-0.3, -0.25) is 4.79 Å². The molecule has 130 valence electrons. The molecule has 1 heterocycles. The van der Waals surface area contributed by atoms with Gasteiger partial charge in [0.15, 0.2) is 0 Å². The Balaban J connectivity index is 2.19. The lowest BCUT2D eigenvalue weighted by Crippen LogP contribution is -2.35. The van der Waals surface area contributed by atoms with Crippen molar-refractivity contribution in [1.29, 1.82) is 0 Å². The number of benzene rings is 1. The molecule has 1 aromatic rings. The first-order chi connectivity index (χ1) is 12.2. The third-order valence-corrected chi connectivity index (χ3v) is 4.70. The van der Waals surface area contributed by atoms with Crippen LogP contribution in [0.2, 0.25) is 0 Å². The van der Waals surface area contributed by atoms with Gasteiger partial charge in [0.05, 0.1) is 5.71 Å². The summed E-state index contributed by atoms with van der Waals surface area (Å²) in [6, 6.07) is 10.1. The van der Waals surface area contributed by atoms with Gasteiger partial charge in [-0.25, -0.2) is 4.99 Å². The first kappa shape index (κ1) is 17.7. The van der Waals surface area contributed by atoms with Gasteiger partial charge in [-0.2, -0.15) is 0 Å². The molecule has 3 nitrogen and oxygen atoms in total. The molecule has 0 spiro atoms. The summed E-state index contributed by atoms with van der Waals surface area (Å²) in [5, 5.41) is 0.684. The van der Waals surface area contributed by atoms with Crippen molar-refractivity contribution in [1.82, 2.24) is 4.90 Å². The van der Waals surface area contributed by atoms with Crippen molar-refractivity contribution < 1.29 is 4.79 Å². The van der Waals surface area contributed by atoms with Crippen molar-refractivity contribution in [3.63, 3.8) is 0 Å². The Hall–Kier alpha value is -2.13. The molecule has 0 aromatic heterocycles. The first-order valence-electron chi connectivity index (χ1n) is 8.88. The van der Waals surface area contributed by atoms with Crippen molar-refractivity contribution in [2.45, 2.75) is 26.7 Å². The fourth-order valence-corrected chi connectivity index (χ4v) is 3.64. The van der Waals surface area contributed by atoms with Gasteiger partial charge in [-0.05, 0) is 30.6 Å². The largest absolute Gasteiger partial charge is 0.367 e. The van der Waals surface area contributed by atoms with E-state index < -0.39 is 0 Å². The van der Waals surface area contributed by atoms with Crippen LogP contribution in [0.5, 0.6) is 0 Å². The fourth-order valence-electron chi connectivity index (χ4n) is 3.45. The van der Waals surface area contributed by atoms with Crippen molar-refractivity contribution in [3.05, 3.63) is 64.9 Å². The molecule has 25 heavy (non-hydrogen) atoms. The standard InChI is InChI=1S/C21H23ClN2O/c1-3-12-24(13-4-2)20-19(15-8-6-5-7-9-15)17-14-16(22)10-11-18(17)23-21(20)25/h5-11,14,17H,3-4,12-13H2,1-2H3. The van der Waals surface area contributed by atoms with E-state index in [0.717, 1.165) is 48.5 Å². The van der Waals surface area contributed by atoms with Gasteiger partial charge >= 0.3 is 0 Å². The Labute approximate surface area is 154 Å². The predicted octanol–water partition coefficient (Wildman–Crippen LogP) is 4.81. The van der Waals surface area contributed by atoms with E-state index in [0.29, 0.717) is 5.03 Å². The number of carbonyl (C=O) groups excluding carboxylic acids is 1. The first-order valence-corrected chi connectivity index (χ1v) is 9.26. The maximum absolute atomic E-state index is 12.9. The molecule has 2 aliphatic rings. The van der Waals surface area contributed by atoms with Crippen LogP contribution in [0.25, 0.3) is 5.57 Å². The highest BCUT2D eigenvalue weighted by Crippen LogP contribution is 2.38. The van der Waals surface area contributed by atoms with Crippen molar-refractivity contribution in [3.8, 4) is 0 Å². The van der Waals surface area contributed by atoms with Gasteiger partial charge in [0.1, 0.15) is 5.70 Å². The number of amides is 1. The molecule has 0 saturated carbocycles. The summed E-state index contributed by atoms with van der Waals surface area (Å²) in [6.07, 6.45) is 7.61. The van der Waals surface area contributed by atoms with Gasteiger partial charge in [-0.15, -0.1) is 0 Å². The Morgan fingerprint density at radius 3 is 2.40 bits per heavy atom. The van der Waals surface area contributed by atoms with Crippen LogP contribution in [-0.2, 0) is 4.79 Å². The molecule has 0 fully saturated rings. The zero-order valence-corrected chi connectivity index (χ0v) is 15.5. The topological polar surface area (TPSA) is 32.7 Å². The average molecular weight is 355 g/mol. The molecule has 1 atom stereocenters. The van der Waals surface area contributed by atoms with Crippen LogP contribution in [0, 0.1) is 5.92 Å². The van der Waals surface area contributed by atoms with Crippen LogP contribution in [0.1, 0.15) is 32.3 Å². The van der Waals surface area contributed by atoms with Crippen LogP contribution >= 0.6 is 11.6 Å². The Morgan fingerprint density at radius 1 is 1.08 bits per heavy atom. The highest BCUT2D eigenvalue weighted by Gasteiger charge is 2.34. The van der Waals surface area contributed by atoms with E-state index in [1.807, 2.05) is 30.4 Å². The van der Waals surface area contributed by atoms with E-state index in [2.05, 4.69) is 35.9 Å². The highest BCUT2D eigenvalue weighted by molar-refractivity contribution is 6.33. The monoisotopic (exact) mass is 354 g/mol. The number of dihydropyridines is 1. The molecular formula is C21H23ClN2O. The molecular weight excluding hydrogens is 332 g/mol. The van der Waals surface area contributed by atoms with Gasteiger partial charge in [0.25, 0.3) is 5.91 Å². The maximum atomic E-state index is 12.9. The summed E-state index contributed by atoms with van der Waals surface area (Å²) >= 11 is 6.27. The van der Waals surface area contributed by atoms with Crippen LogP contribution in [0.3, 0.4) is 0 Å². The lowest BCUT2D eigenvalue weighted by Gasteiger charge is -2.33. The SMILES string of the molecule is CCCN(CCC)C1=C(c2ccccc2)C2C=C(Cl)C=CC2=NC1=O. The summed E-state index contributed by atoms with van der Waals surface area (Å²) in [7, 11) is 0. The van der Waals surface area contributed by atoms with E-state index in [1.54, 1.807) is 6.08 Å². The fraction of sp³-hybridized carbons (Fsp3) is 0.333. The van der Waals surface area contributed by atoms with Crippen LogP contribution < -0.4 is 0 Å². The van der Waals surface area contributed by atoms with Crippen molar-refractivity contribution in [2.75, 3.05) is 13.1 Å². The zero-order valence-electron chi connectivity index (χ0n) is 14.7. The van der Waals surface area contributed by atoms with Crippen molar-refractivity contribution >= 4 is 28.8 Å². The molecule has 0 saturated heterocycles. The molecule has 1 unspecified atom stereocenters. The second-order valence-corrected chi connectivity index (χ2v) is 6.76. The second kappa shape index (κ2) is 7.83. The van der Waals surface area contributed by atoms with Crippen LogP contribution in [0.4, 0.5) is 0 Å². The number of allylic oxidation sites excluding steroid dienone is 5. The quantitative estimate of drug-likeness (QED) is 0.734. The summed E-state index contributed by atoms with van der Waals surface area (Å²) in [5.41, 5.74) is 3.56. The molecule has 4 heteroatoms. The second-order valence-electron chi connectivity index (χ2n) is 6.32. The third-order valence-electron chi connectivity index (χ3n) is 4.45. The minimum atomic E-state index is -0.150. The highest BCUT2D eigenvalue weighted by atomic mass is 35.5. The Kier molecular flexibility index (Phi) is 5.54. The molecule has 3 rings (SSSR count). The number of carbonyl (C=O) groups is 1. The maximum Gasteiger partial charge on any atom is 0.293 e. The summed E-state index contributed by atoms with van der Waals surface area (Å²) < 4.78 is 0. The smallest absolute Gasteiger partial charge is 0.293 e. The Morgan fingerprint density at radius 2 is 1.76 bits per heavy atom. The summed E-state index contributed by atoms with van der Waals surface area (Å²) in [6.45, 7) is 5.95. The van der Waals surface area contributed by atoms with E-state index in [-0.39, 0.29) is 11.8 Å². The number of hydrogen-bond donors (Lipinski definition) is 0. The number of fused-ring (bicyclic) bond motifs is 1. The van der Waals surface area contributed by atoms with E-state index >= 15 is 0 Å². The third kappa shape index (κ3) is 3.62. The minimum absolute atomic E-state index is 0.0798. The number of rotatable bonds is 6. The van der Waals surface area contributed by atoms with E-state index in [9.17, 15) is 4.79 Å². The van der Waals surface area contributed by atoms with Gasteiger partial charge < -0.3 is 4.90 Å². The van der Waals surface area contributed by atoms with Crippen LogP contribution in [-0.4, -0.2) is 29.6 Å². The molecule has 1 aliphatic carbocycles.